The molecule has 0 radical (unpaired) electrons. The monoisotopic (exact) mass is 401 g/mol. The molecule has 7 nitrogen and oxygen atoms in total. The summed E-state index contributed by atoms with van der Waals surface area (Å²) in [5, 5.41) is 9.43. The molecule has 2 aromatic heterocycles. The quantitative estimate of drug-likeness (QED) is 0.810. The number of aromatic carboxylic acids is 1. The third kappa shape index (κ3) is 2.62. The second-order valence-electron chi connectivity index (χ2n) is 8.73. The Morgan fingerprint density at radius 1 is 1.45 bits per heavy atom. The molecule has 0 spiro atoms. The average Bonchev–Trinajstić information content (AvgIpc) is 3.34. The Bertz CT molecular complexity index is 1090. The van der Waals surface area contributed by atoms with Crippen molar-refractivity contribution in [1.29, 1.82) is 0 Å². The van der Waals surface area contributed by atoms with Crippen LogP contribution in [0.1, 0.15) is 40.2 Å². The first-order valence-electron chi connectivity index (χ1n) is 10.0. The van der Waals surface area contributed by atoms with Crippen molar-refractivity contribution in [3.8, 4) is 0 Å². The normalized spacial score (nSPS) is 26.3. The summed E-state index contributed by atoms with van der Waals surface area (Å²) in [6.07, 6.45) is 3.04. The van der Waals surface area contributed by atoms with Crippen LogP contribution >= 0.6 is 0 Å². The number of aromatic nitrogens is 1. The highest BCUT2D eigenvalue weighted by atomic mass is 19.1. The molecule has 0 aromatic carbocycles. The van der Waals surface area contributed by atoms with Gasteiger partial charge in [-0.25, -0.2) is 9.18 Å². The molecule has 2 saturated heterocycles. The van der Waals surface area contributed by atoms with Gasteiger partial charge in [0.1, 0.15) is 5.56 Å². The van der Waals surface area contributed by atoms with Crippen molar-refractivity contribution < 1.29 is 19.0 Å². The Labute approximate surface area is 166 Å². The lowest BCUT2D eigenvalue weighted by molar-refractivity contribution is 0.0694. The van der Waals surface area contributed by atoms with Crippen molar-refractivity contribution in [3.05, 3.63) is 45.1 Å². The zero-order valence-corrected chi connectivity index (χ0v) is 16.3. The second kappa shape index (κ2) is 6.27. The Kier molecular flexibility index (Phi) is 4.02. The van der Waals surface area contributed by atoms with E-state index in [0.29, 0.717) is 49.6 Å². The summed E-state index contributed by atoms with van der Waals surface area (Å²) in [4.78, 5) is 26.3. The van der Waals surface area contributed by atoms with Crippen LogP contribution in [0, 0.1) is 24.1 Å². The van der Waals surface area contributed by atoms with Crippen LogP contribution in [0.25, 0.3) is 5.52 Å². The van der Waals surface area contributed by atoms with E-state index in [9.17, 15) is 14.7 Å². The van der Waals surface area contributed by atoms with Crippen molar-refractivity contribution in [2.75, 3.05) is 37.7 Å². The zero-order valence-electron chi connectivity index (χ0n) is 16.3. The van der Waals surface area contributed by atoms with Crippen LogP contribution in [0.15, 0.2) is 17.1 Å². The molecule has 8 heteroatoms. The molecular formula is C21H24FN3O4. The van der Waals surface area contributed by atoms with E-state index >= 15 is 4.39 Å². The number of rotatable bonds is 4. The van der Waals surface area contributed by atoms with E-state index in [4.69, 9.17) is 10.5 Å². The van der Waals surface area contributed by atoms with Gasteiger partial charge in [-0.15, -0.1) is 0 Å². The van der Waals surface area contributed by atoms with Crippen molar-refractivity contribution >= 4 is 17.2 Å². The second-order valence-corrected chi connectivity index (χ2v) is 8.73. The molecule has 5 rings (SSSR count). The number of nitrogens with zero attached hydrogens (tertiary/aromatic N) is 2. The van der Waals surface area contributed by atoms with E-state index in [-0.39, 0.29) is 22.8 Å². The molecule has 2 atom stereocenters. The summed E-state index contributed by atoms with van der Waals surface area (Å²) in [6, 6.07) is 1.49. The Morgan fingerprint density at radius 3 is 2.83 bits per heavy atom. The van der Waals surface area contributed by atoms with Gasteiger partial charge in [0.15, 0.2) is 5.82 Å². The zero-order chi connectivity index (χ0) is 20.5. The lowest BCUT2D eigenvalue weighted by Gasteiger charge is -2.27. The molecule has 0 unspecified atom stereocenters. The van der Waals surface area contributed by atoms with Crippen molar-refractivity contribution in [2.24, 2.45) is 17.1 Å². The highest BCUT2D eigenvalue weighted by Crippen LogP contribution is 2.46. The number of hydrogen-bond acceptors (Lipinski definition) is 5. The Balaban J connectivity index is 1.71. The summed E-state index contributed by atoms with van der Waals surface area (Å²) in [7, 11) is 0. The molecule has 1 aliphatic carbocycles. The van der Waals surface area contributed by atoms with Gasteiger partial charge in [-0.3, -0.25) is 9.20 Å². The molecule has 0 amide bonds. The number of carboxylic acids is 1. The Hall–Kier alpha value is -2.45. The number of aryl methyl sites for hydroxylation is 1. The number of pyridine rings is 2. The number of hydrogen-bond donors (Lipinski definition) is 2. The predicted octanol–water partition coefficient (Wildman–Crippen LogP) is 1.73. The summed E-state index contributed by atoms with van der Waals surface area (Å²) in [6.45, 7) is 4.76. The van der Waals surface area contributed by atoms with Crippen LogP contribution in [-0.4, -0.2) is 48.3 Å². The van der Waals surface area contributed by atoms with Crippen LogP contribution < -0.4 is 16.2 Å². The van der Waals surface area contributed by atoms with Gasteiger partial charge in [0.2, 0.25) is 0 Å². The summed E-state index contributed by atoms with van der Waals surface area (Å²) < 4.78 is 22.1. The number of anilines is 1. The summed E-state index contributed by atoms with van der Waals surface area (Å²) in [5.74, 6) is -1.34. The van der Waals surface area contributed by atoms with Gasteiger partial charge in [0, 0.05) is 31.0 Å². The van der Waals surface area contributed by atoms with Crippen LogP contribution in [0.4, 0.5) is 10.1 Å². The molecule has 2 aliphatic heterocycles. The fourth-order valence-corrected chi connectivity index (χ4v) is 5.18. The van der Waals surface area contributed by atoms with E-state index in [1.807, 2.05) is 11.8 Å². The van der Waals surface area contributed by atoms with Gasteiger partial charge in [0.05, 0.1) is 30.6 Å². The lowest BCUT2D eigenvalue weighted by Crippen LogP contribution is -2.38. The third-order valence-corrected chi connectivity index (χ3v) is 6.93. The topological polar surface area (TPSA) is 97.3 Å². The van der Waals surface area contributed by atoms with Crippen LogP contribution in [0.2, 0.25) is 0 Å². The minimum Gasteiger partial charge on any atom is -0.477 e. The Morgan fingerprint density at radius 2 is 2.21 bits per heavy atom. The highest BCUT2D eigenvalue weighted by Gasteiger charge is 2.50. The number of halogens is 1. The minimum absolute atomic E-state index is 0.169. The van der Waals surface area contributed by atoms with Crippen molar-refractivity contribution in [1.82, 2.24) is 4.40 Å². The average molecular weight is 401 g/mol. The fourth-order valence-electron chi connectivity index (χ4n) is 5.18. The summed E-state index contributed by atoms with van der Waals surface area (Å²) in [5.41, 5.74) is 7.48. The fraction of sp³-hybridized carbons (Fsp3) is 0.524. The molecule has 0 bridgehead atoms. The molecule has 3 fully saturated rings. The first kappa shape index (κ1) is 18.6. The van der Waals surface area contributed by atoms with Crippen molar-refractivity contribution in [3.63, 3.8) is 0 Å². The first-order valence-corrected chi connectivity index (χ1v) is 10.0. The van der Waals surface area contributed by atoms with Gasteiger partial charge >= 0.3 is 5.97 Å². The smallest absolute Gasteiger partial charge is 0.341 e. The largest absolute Gasteiger partial charge is 0.477 e. The summed E-state index contributed by atoms with van der Waals surface area (Å²) >= 11 is 0. The van der Waals surface area contributed by atoms with E-state index in [0.717, 1.165) is 24.6 Å². The van der Waals surface area contributed by atoms with Gasteiger partial charge in [0.25, 0.3) is 5.56 Å². The molecule has 2 aromatic rings. The predicted molar refractivity (Wildman–Crippen MR) is 105 cm³/mol. The van der Waals surface area contributed by atoms with Gasteiger partial charge in [-0.05, 0) is 42.9 Å². The molecule has 1 saturated carbocycles. The first-order chi connectivity index (χ1) is 13.9. The maximum absolute atomic E-state index is 15.3. The highest BCUT2D eigenvalue weighted by molar-refractivity contribution is 5.89. The number of ether oxygens (including phenoxy) is 1. The van der Waals surface area contributed by atoms with E-state index in [1.54, 1.807) is 0 Å². The van der Waals surface area contributed by atoms with Crippen LogP contribution in [0.3, 0.4) is 0 Å². The van der Waals surface area contributed by atoms with Crippen LogP contribution in [-0.2, 0) is 4.74 Å². The van der Waals surface area contributed by atoms with E-state index in [1.165, 1.54) is 10.5 Å². The SMILES string of the molecule is Cc1c(N2C[C@H]3COC[C@@]3(CN)C2)c(F)cn2c(=O)c(C(=O)O)cc(C3CC3)c12. The van der Waals surface area contributed by atoms with Crippen molar-refractivity contribution in [2.45, 2.75) is 25.7 Å². The molecule has 4 heterocycles. The number of nitrogens with two attached hydrogens (primary N) is 1. The molecule has 3 aliphatic rings. The maximum atomic E-state index is 15.3. The molecule has 3 N–H and O–H groups in total. The number of fused-ring (bicyclic) bond motifs is 2. The molecule has 154 valence electrons. The van der Waals surface area contributed by atoms with Gasteiger partial charge in [-0.1, -0.05) is 0 Å². The lowest BCUT2D eigenvalue weighted by atomic mass is 9.81. The van der Waals surface area contributed by atoms with E-state index in [2.05, 4.69) is 0 Å². The number of carboxylic acid groups (broad SMARTS) is 1. The maximum Gasteiger partial charge on any atom is 0.341 e. The standard InChI is InChI=1S/C21H24FN3O4/c1-11-17-14(12-2-3-12)4-15(20(27)28)19(26)25(17)6-16(22)18(11)24-5-13-7-29-10-21(13,8-23)9-24/h4,6,12-13H,2-3,5,7-10,23H2,1H3,(H,27,28)/t13-,21+/m0/s1. The van der Waals surface area contributed by atoms with Crippen LogP contribution in [0.5, 0.6) is 0 Å². The minimum atomic E-state index is -1.29. The molecular weight excluding hydrogens is 377 g/mol. The molecule has 29 heavy (non-hydrogen) atoms. The van der Waals surface area contributed by atoms with Gasteiger partial charge < -0.3 is 20.5 Å². The van der Waals surface area contributed by atoms with Gasteiger partial charge in [-0.2, -0.15) is 0 Å². The van der Waals surface area contributed by atoms with E-state index < -0.39 is 17.3 Å². The number of carbonyl (C=O) groups is 1. The third-order valence-electron chi connectivity index (χ3n) is 6.93.